The minimum Gasteiger partial charge on any atom is -0.306 e. The summed E-state index contributed by atoms with van der Waals surface area (Å²) in [5, 5.41) is 3.36. The number of nitrogens with zero attached hydrogens (tertiary/aromatic N) is 1. The first-order valence-corrected chi connectivity index (χ1v) is 5.39. The van der Waals surface area contributed by atoms with Crippen molar-refractivity contribution in [2.75, 3.05) is 6.54 Å². The molecule has 2 aromatic rings. The van der Waals surface area contributed by atoms with Crippen LogP contribution in [0.5, 0.6) is 0 Å². The molecule has 1 aromatic heterocycles. The van der Waals surface area contributed by atoms with Crippen molar-refractivity contribution in [1.29, 1.82) is 0 Å². The van der Waals surface area contributed by atoms with Crippen molar-refractivity contribution < 1.29 is 0 Å². The molecule has 0 saturated carbocycles. The van der Waals surface area contributed by atoms with Crippen LogP contribution in [0.1, 0.15) is 17.2 Å². The SMILES string of the molecule is [CH2]CNC(c1ccccc1)c1cccnc1. The van der Waals surface area contributed by atoms with Gasteiger partial charge in [-0.05, 0) is 30.7 Å². The molecule has 2 nitrogen and oxygen atoms in total. The molecule has 0 spiro atoms. The van der Waals surface area contributed by atoms with Gasteiger partial charge in [-0.1, -0.05) is 36.4 Å². The lowest BCUT2D eigenvalue weighted by atomic mass is 10.0. The largest absolute Gasteiger partial charge is 0.306 e. The van der Waals surface area contributed by atoms with Crippen molar-refractivity contribution in [3.63, 3.8) is 0 Å². The van der Waals surface area contributed by atoms with Crippen LogP contribution in [0.25, 0.3) is 0 Å². The molecule has 16 heavy (non-hydrogen) atoms. The van der Waals surface area contributed by atoms with Gasteiger partial charge in [0.15, 0.2) is 0 Å². The minimum atomic E-state index is 0.174. The molecule has 0 saturated heterocycles. The predicted molar refractivity (Wildman–Crippen MR) is 65.9 cm³/mol. The van der Waals surface area contributed by atoms with Crippen molar-refractivity contribution in [3.05, 3.63) is 72.9 Å². The van der Waals surface area contributed by atoms with E-state index in [1.54, 1.807) is 6.20 Å². The zero-order valence-corrected chi connectivity index (χ0v) is 9.13. The summed E-state index contributed by atoms with van der Waals surface area (Å²) in [5.74, 6) is 0. The van der Waals surface area contributed by atoms with E-state index >= 15 is 0 Å². The van der Waals surface area contributed by atoms with Crippen LogP contribution < -0.4 is 5.32 Å². The molecule has 0 aliphatic carbocycles. The highest BCUT2D eigenvalue weighted by Crippen LogP contribution is 2.20. The van der Waals surface area contributed by atoms with Gasteiger partial charge < -0.3 is 5.32 Å². The Hall–Kier alpha value is -1.67. The third kappa shape index (κ3) is 2.47. The third-order valence-electron chi connectivity index (χ3n) is 2.50. The van der Waals surface area contributed by atoms with Gasteiger partial charge in [0.25, 0.3) is 0 Å². The van der Waals surface area contributed by atoms with E-state index in [9.17, 15) is 0 Å². The average Bonchev–Trinajstić information content (AvgIpc) is 2.38. The molecule has 0 amide bonds. The van der Waals surface area contributed by atoms with Crippen molar-refractivity contribution in [1.82, 2.24) is 10.3 Å². The minimum absolute atomic E-state index is 0.174. The van der Waals surface area contributed by atoms with Crippen LogP contribution in [0.2, 0.25) is 0 Å². The highest BCUT2D eigenvalue weighted by molar-refractivity contribution is 5.29. The second kappa shape index (κ2) is 5.42. The van der Waals surface area contributed by atoms with Crippen LogP contribution in [-0.4, -0.2) is 11.5 Å². The van der Waals surface area contributed by atoms with E-state index < -0.39 is 0 Å². The Morgan fingerprint density at radius 2 is 1.81 bits per heavy atom. The Morgan fingerprint density at radius 3 is 2.44 bits per heavy atom. The summed E-state index contributed by atoms with van der Waals surface area (Å²) in [7, 11) is 0. The van der Waals surface area contributed by atoms with Crippen LogP contribution >= 0.6 is 0 Å². The second-order valence-electron chi connectivity index (χ2n) is 3.58. The number of nitrogens with one attached hydrogen (secondary N) is 1. The predicted octanol–water partition coefficient (Wildman–Crippen LogP) is 2.59. The standard InChI is InChI=1S/C14H15N2/c1-2-16-14(12-7-4-3-5-8-12)13-9-6-10-15-11-13/h3-11,14,16H,1-2H2. The zero-order chi connectivity index (χ0) is 11.2. The van der Waals surface area contributed by atoms with Crippen LogP contribution in [0.3, 0.4) is 0 Å². The number of rotatable bonds is 4. The Morgan fingerprint density at radius 1 is 1.06 bits per heavy atom. The lowest BCUT2D eigenvalue weighted by molar-refractivity contribution is 0.649. The lowest BCUT2D eigenvalue weighted by Gasteiger charge is -2.18. The first-order valence-electron chi connectivity index (χ1n) is 5.39. The summed E-state index contributed by atoms with van der Waals surface area (Å²) >= 11 is 0. The molecule has 0 bridgehead atoms. The zero-order valence-electron chi connectivity index (χ0n) is 9.13. The van der Waals surface area contributed by atoms with Gasteiger partial charge in [-0.25, -0.2) is 0 Å². The smallest absolute Gasteiger partial charge is 0.0591 e. The Bertz CT molecular complexity index is 372. The van der Waals surface area contributed by atoms with Gasteiger partial charge in [0.05, 0.1) is 6.04 Å². The summed E-state index contributed by atoms with van der Waals surface area (Å²) in [6, 6.07) is 14.5. The number of aromatic nitrogens is 1. The summed E-state index contributed by atoms with van der Waals surface area (Å²) in [5.41, 5.74) is 2.40. The summed E-state index contributed by atoms with van der Waals surface area (Å²) in [6.07, 6.45) is 3.68. The van der Waals surface area contributed by atoms with Crippen molar-refractivity contribution in [3.8, 4) is 0 Å². The topological polar surface area (TPSA) is 24.9 Å². The van der Waals surface area contributed by atoms with E-state index in [0.717, 1.165) is 5.56 Å². The molecule has 81 valence electrons. The summed E-state index contributed by atoms with van der Waals surface area (Å²) in [4.78, 5) is 4.15. The van der Waals surface area contributed by atoms with E-state index in [-0.39, 0.29) is 6.04 Å². The molecule has 2 heteroatoms. The lowest BCUT2D eigenvalue weighted by Crippen LogP contribution is -2.22. The van der Waals surface area contributed by atoms with Crippen molar-refractivity contribution in [2.24, 2.45) is 0 Å². The van der Waals surface area contributed by atoms with E-state index in [2.05, 4.69) is 35.4 Å². The van der Waals surface area contributed by atoms with E-state index in [0.29, 0.717) is 6.54 Å². The molecule has 1 atom stereocenters. The number of benzene rings is 1. The fourth-order valence-electron chi connectivity index (χ4n) is 1.76. The first kappa shape index (κ1) is 10.8. The van der Waals surface area contributed by atoms with Gasteiger partial charge in [0, 0.05) is 12.4 Å². The van der Waals surface area contributed by atoms with E-state index in [1.807, 2.05) is 30.5 Å². The van der Waals surface area contributed by atoms with Gasteiger partial charge >= 0.3 is 0 Å². The van der Waals surface area contributed by atoms with E-state index in [4.69, 9.17) is 0 Å². The third-order valence-corrected chi connectivity index (χ3v) is 2.50. The maximum atomic E-state index is 4.15. The molecule has 0 aliphatic rings. The normalized spacial score (nSPS) is 12.3. The molecule has 0 fully saturated rings. The Kier molecular flexibility index (Phi) is 3.67. The molecule has 1 aromatic carbocycles. The highest BCUT2D eigenvalue weighted by Gasteiger charge is 2.11. The van der Waals surface area contributed by atoms with Crippen LogP contribution in [0.15, 0.2) is 54.9 Å². The molecule has 1 heterocycles. The van der Waals surface area contributed by atoms with Crippen molar-refractivity contribution in [2.45, 2.75) is 6.04 Å². The second-order valence-corrected chi connectivity index (χ2v) is 3.58. The van der Waals surface area contributed by atoms with Gasteiger partial charge in [0.2, 0.25) is 0 Å². The van der Waals surface area contributed by atoms with Gasteiger partial charge in [-0.2, -0.15) is 0 Å². The fourth-order valence-corrected chi connectivity index (χ4v) is 1.76. The molecule has 1 unspecified atom stereocenters. The van der Waals surface area contributed by atoms with Gasteiger partial charge in [-0.3, -0.25) is 4.98 Å². The molecule has 1 N–H and O–H groups in total. The molecule has 1 radical (unpaired) electrons. The quantitative estimate of drug-likeness (QED) is 0.840. The maximum Gasteiger partial charge on any atom is 0.0591 e. The average molecular weight is 211 g/mol. The van der Waals surface area contributed by atoms with Gasteiger partial charge in [-0.15, -0.1) is 0 Å². The summed E-state index contributed by atoms with van der Waals surface area (Å²) in [6.45, 7) is 4.53. The monoisotopic (exact) mass is 211 g/mol. The first-order chi connectivity index (χ1) is 7.92. The van der Waals surface area contributed by atoms with Crippen LogP contribution in [0.4, 0.5) is 0 Å². The van der Waals surface area contributed by atoms with E-state index in [1.165, 1.54) is 5.56 Å². The number of hydrogen-bond acceptors (Lipinski definition) is 2. The number of pyridine rings is 1. The van der Waals surface area contributed by atoms with Crippen molar-refractivity contribution >= 4 is 0 Å². The molecule has 2 rings (SSSR count). The molecular formula is C14H15N2. The van der Waals surface area contributed by atoms with Crippen LogP contribution in [-0.2, 0) is 0 Å². The Balaban J connectivity index is 2.31. The fraction of sp³-hybridized carbons (Fsp3) is 0.143. The summed E-state index contributed by atoms with van der Waals surface area (Å²) < 4.78 is 0. The molecular weight excluding hydrogens is 196 g/mol. The Labute approximate surface area is 96.4 Å². The highest BCUT2D eigenvalue weighted by atomic mass is 14.9. The van der Waals surface area contributed by atoms with Crippen LogP contribution in [0, 0.1) is 6.92 Å². The van der Waals surface area contributed by atoms with Gasteiger partial charge in [0.1, 0.15) is 0 Å². The molecule has 0 aliphatic heterocycles. The number of hydrogen-bond donors (Lipinski definition) is 1. The maximum absolute atomic E-state index is 4.15.